The molecule has 0 radical (unpaired) electrons. The Morgan fingerprint density at radius 1 is 1.16 bits per heavy atom. The predicted octanol–water partition coefficient (Wildman–Crippen LogP) is 8.28. The van der Waals surface area contributed by atoms with Crippen LogP contribution in [0.3, 0.4) is 0 Å². The second-order valence-electron chi connectivity index (χ2n) is 15.4. The van der Waals surface area contributed by atoms with Crippen LogP contribution in [-0.2, 0) is 28.7 Å². The van der Waals surface area contributed by atoms with Gasteiger partial charge >= 0.3 is 12.1 Å². The summed E-state index contributed by atoms with van der Waals surface area (Å²) in [6.07, 6.45) is -0.206. The van der Waals surface area contributed by atoms with Crippen LogP contribution < -0.4 is 10.1 Å². The van der Waals surface area contributed by atoms with E-state index in [1.54, 1.807) is 31.9 Å². The van der Waals surface area contributed by atoms with Crippen LogP contribution in [0.4, 0.5) is 19.0 Å². The molecule has 1 aliphatic carbocycles. The topological polar surface area (TPSA) is 120 Å². The number of hydrogen-bond acceptors (Lipinski definition) is 9. The first-order valence-electron chi connectivity index (χ1n) is 18.7. The lowest BCUT2D eigenvalue weighted by Gasteiger charge is -2.44. The third-order valence-corrected chi connectivity index (χ3v) is 11.5. The molecule has 3 aromatic rings. The van der Waals surface area contributed by atoms with Crippen LogP contribution >= 0.6 is 11.6 Å². The van der Waals surface area contributed by atoms with E-state index < -0.39 is 34.9 Å². The van der Waals surface area contributed by atoms with Crippen molar-refractivity contribution < 1.29 is 37.7 Å². The van der Waals surface area contributed by atoms with Gasteiger partial charge in [0.25, 0.3) is 0 Å². The number of β-amino-alcohol motifs (C(OH)–C–C–N with tert-alkyl or cyclic N) is 1. The fraction of sp³-hybridized carbons (Fsp3) is 0.452. The smallest absolute Gasteiger partial charge is 0.419 e. The highest BCUT2D eigenvalue weighted by atomic mass is 35.5. The number of nitrogens with zero attached hydrogens (tertiary/aromatic N) is 4. The number of ether oxygens (including phenoxy) is 2. The Bertz CT molecular complexity index is 2060. The number of carbonyl (C=O) groups is 1. The van der Waals surface area contributed by atoms with Crippen molar-refractivity contribution >= 4 is 29.1 Å². The van der Waals surface area contributed by atoms with Gasteiger partial charge in [-0.15, -0.1) is 0 Å². The van der Waals surface area contributed by atoms with Crippen molar-refractivity contribution in [3.05, 3.63) is 99.4 Å². The second kappa shape index (κ2) is 16.2. The van der Waals surface area contributed by atoms with Crippen molar-refractivity contribution in [2.45, 2.75) is 82.8 Å². The summed E-state index contributed by atoms with van der Waals surface area (Å²) in [7, 11) is 2.90. The van der Waals surface area contributed by atoms with Gasteiger partial charge in [0.15, 0.2) is 0 Å². The van der Waals surface area contributed by atoms with Crippen molar-refractivity contribution in [1.82, 2.24) is 14.8 Å². The van der Waals surface area contributed by atoms with E-state index in [1.807, 2.05) is 43.3 Å². The minimum absolute atomic E-state index is 0.00410. The number of piperidine rings is 1. The molecule has 3 aliphatic rings. The third-order valence-electron chi connectivity index (χ3n) is 11.1. The van der Waals surface area contributed by atoms with Gasteiger partial charge in [-0.05, 0) is 88.3 Å². The molecule has 2 saturated heterocycles. The summed E-state index contributed by atoms with van der Waals surface area (Å²) in [6.45, 7) is 11.4. The molecule has 300 valence electrons. The number of likely N-dealkylation sites (tertiary alicyclic amines) is 2. The number of fused-ring (bicyclic) bond motifs is 1. The number of aliphatic imine (C=N–C) groups is 1. The predicted molar refractivity (Wildman–Crippen MR) is 211 cm³/mol. The second-order valence-corrected chi connectivity index (χ2v) is 15.8. The maximum atomic E-state index is 14.7. The molecule has 0 unspecified atom stereocenters. The van der Waals surface area contributed by atoms with Crippen molar-refractivity contribution in [1.29, 1.82) is 0 Å². The summed E-state index contributed by atoms with van der Waals surface area (Å²) in [5.74, 6) is -0.948. The summed E-state index contributed by atoms with van der Waals surface area (Å²) in [6, 6.07) is 11.9. The van der Waals surface area contributed by atoms with Gasteiger partial charge in [0.2, 0.25) is 11.8 Å². The number of carboxylic acids is 1. The van der Waals surface area contributed by atoms with Crippen molar-refractivity contribution in [2.24, 2.45) is 4.99 Å². The average Bonchev–Trinajstić information content (AvgIpc) is 3.55. The number of rotatable bonds is 13. The number of nitrogens with one attached hydrogen (secondary N) is 1. The lowest BCUT2D eigenvalue weighted by atomic mass is 9.88. The minimum Gasteiger partial charge on any atom is -0.481 e. The number of hydrogen-bond donors (Lipinski definition) is 3. The molecule has 1 aromatic heterocycles. The minimum atomic E-state index is -4.75. The van der Waals surface area contributed by atoms with Gasteiger partial charge in [0.05, 0.1) is 42.2 Å². The van der Waals surface area contributed by atoms with Gasteiger partial charge in [-0.25, -0.2) is 4.99 Å². The van der Waals surface area contributed by atoms with E-state index in [1.165, 1.54) is 7.11 Å². The van der Waals surface area contributed by atoms with Gasteiger partial charge in [-0.1, -0.05) is 54.6 Å². The van der Waals surface area contributed by atoms with Gasteiger partial charge in [0.1, 0.15) is 11.4 Å². The molecule has 6 rings (SSSR count). The zero-order valence-corrected chi connectivity index (χ0v) is 33.2. The average molecular weight is 796 g/mol. The van der Waals surface area contributed by atoms with E-state index in [0.29, 0.717) is 67.6 Å². The van der Waals surface area contributed by atoms with Gasteiger partial charge in [0, 0.05) is 48.4 Å². The monoisotopic (exact) mass is 795 g/mol. The van der Waals surface area contributed by atoms with E-state index in [9.17, 15) is 28.2 Å². The number of pyridine rings is 1. The highest BCUT2D eigenvalue weighted by Crippen LogP contribution is 2.45. The Hall–Kier alpha value is -4.43. The first-order valence-corrected chi connectivity index (χ1v) is 19.1. The lowest BCUT2D eigenvalue weighted by molar-refractivity contribution is -0.153. The SMILES string of the molecule is C=C/C(=N\C(OC)=C(/C)CN1CC(C)(O)C1)c1cccc(-c2cccc3c2CC[C@@H]3Nc2nc(OC)c(CN3CCCC[C@]3(C)C(=O)O)cc2C(F)(F)F)c1Cl. The molecule has 3 N–H and O–H groups in total. The van der Waals surface area contributed by atoms with Gasteiger partial charge < -0.3 is 25.0 Å². The van der Waals surface area contributed by atoms with E-state index in [4.69, 9.17) is 26.1 Å². The molecule has 0 bridgehead atoms. The number of aliphatic carboxylic acids is 1. The van der Waals surface area contributed by atoms with E-state index in [-0.39, 0.29) is 23.8 Å². The number of methoxy groups -OCH3 is 2. The van der Waals surface area contributed by atoms with Crippen LogP contribution in [0.5, 0.6) is 5.88 Å². The van der Waals surface area contributed by atoms with Crippen LogP contribution in [0.25, 0.3) is 11.1 Å². The molecule has 0 amide bonds. The third kappa shape index (κ3) is 8.32. The number of allylic oxidation sites excluding steroid dienone is 1. The van der Waals surface area contributed by atoms with Crippen LogP contribution in [0.1, 0.15) is 80.3 Å². The Balaban J connectivity index is 1.30. The molecule has 14 heteroatoms. The summed E-state index contributed by atoms with van der Waals surface area (Å²) in [5.41, 5.74) is 2.70. The standard InChI is InChI=1S/C42H49ClF3N5O5/c1-7-33(48-37(55-5)25(2)21-50-23-40(3,54)24-50)31-15-11-14-30(35(31)43)27-12-10-13-29-28(27)16-17-34(29)47-36-32(42(44,45)46)20-26(38(49-36)56-6)22-51-19-9-8-18-41(51,4)39(52)53/h7,10-15,20,34,54H,1,8-9,16-19,21-24H2,2-6H3,(H,47,49)(H,52,53)/b37-25-,48-33+/t34-,41+/m0/s1. The number of carboxylic acid groups (broad SMARTS) is 1. The van der Waals surface area contributed by atoms with Crippen LogP contribution in [0.2, 0.25) is 5.02 Å². The Labute approximate surface area is 330 Å². The van der Waals surface area contributed by atoms with Gasteiger partial charge in [-0.2, -0.15) is 18.2 Å². The molecule has 10 nitrogen and oxygen atoms in total. The molecule has 0 saturated carbocycles. The summed E-state index contributed by atoms with van der Waals surface area (Å²) in [5, 5.41) is 23.7. The highest BCUT2D eigenvalue weighted by Gasteiger charge is 2.43. The fourth-order valence-corrected chi connectivity index (χ4v) is 8.59. The molecule has 3 heterocycles. The number of aliphatic hydroxyl groups is 1. The molecular formula is C42H49ClF3N5O5. The molecular weight excluding hydrogens is 747 g/mol. The van der Waals surface area contributed by atoms with E-state index >= 15 is 0 Å². The van der Waals surface area contributed by atoms with Crippen molar-refractivity contribution in [3.8, 4) is 17.0 Å². The Morgan fingerprint density at radius 2 is 1.88 bits per heavy atom. The molecule has 2 aliphatic heterocycles. The molecule has 2 aromatic carbocycles. The normalized spacial score (nSPS) is 21.8. The first-order chi connectivity index (χ1) is 26.5. The Kier molecular flexibility index (Phi) is 11.9. The molecule has 0 spiro atoms. The summed E-state index contributed by atoms with van der Waals surface area (Å²) >= 11 is 7.14. The molecule has 56 heavy (non-hydrogen) atoms. The highest BCUT2D eigenvalue weighted by molar-refractivity contribution is 6.37. The van der Waals surface area contributed by atoms with Crippen molar-refractivity contribution in [3.63, 3.8) is 0 Å². The lowest BCUT2D eigenvalue weighted by Crippen LogP contribution is -2.60. The van der Waals surface area contributed by atoms with E-state index in [2.05, 4.69) is 21.8 Å². The quantitative estimate of drug-likeness (QED) is 0.116. The van der Waals surface area contributed by atoms with Crippen LogP contribution in [0.15, 0.2) is 71.6 Å². The van der Waals surface area contributed by atoms with Crippen molar-refractivity contribution in [2.75, 3.05) is 45.7 Å². The number of benzene rings is 2. The fourth-order valence-electron chi connectivity index (χ4n) is 8.26. The number of aromatic nitrogens is 1. The number of anilines is 1. The van der Waals surface area contributed by atoms with Gasteiger partial charge in [-0.3, -0.25) is 14.6 Å². The molecule has 2 fully saturated rings. The van der Waals surface area contributed by atoms with Crippen LogP contribution in [0, 0.1) is 0 Å². The zero-order valence-electron chi connectivity index (χ0n) is 32.4. The molecule has 2 atom stereocenters. The largest absolute Gasteiger partial charge is 0.481 e. The number of alkyl halides is 3. The van der Waals surface area contributed by atoms with E-state index in [0.717, 1.165) is 46.7 Å². The Morgan fingerprint density at radius 3 is 2.52 bits per heavy atom. The zero-order chi connectivity index (χ0) is 40.6. The maximum absolute atomic E-state index is 14.7. The summed E-state index contributed by atoms with van der Waals surface area (Å²) in [4.78, 5) is 25.2. The first kappa shape index (κ1) is 41.2. The number of halogens is 4. The summed E-state index contributed by atoms with van der Waals surface area (Å²) < 4.78 is 55.3. The maximum Gasteiger partial charge on any atom is 0.419 e. The van der Waals surface area contributed by atoms with Crippen LogP contribution in [-0.4, -0.2) is 88.2 Å².